The van der Waals surface area contributed by atoms with E-state index >= 15 is 0 Å². The number of carbonyl (C=O) groups is 1. The van der Waals surface area contributed by atoms with E-state index < -0.39 is 0 Å². The summed E-state index contributed by atoms with van der Waals surface area (Å²) in [6.07, 6.45) is 0.590. The van der Waals surface area contributed by atoms with Crippen molar-refractivity contribution in [1.29, 1.82) is 0 Å². The van der Waals surface area contributed by atoms with Gasteiger partial charge in [-0.2, -0.15) is 0 Å². The molecule has 274 valence electrons. The van der Waals surface area contributed by atoms with E-state index in [0.29, 0.717) is 129 Å². The Hall–Kier alpha value is -8.68. The van der Waals surface area contributed by atoms with Gasteiger partial charge in [0.2, 0.25) is 6.41 Å². The van der Waals surface area contributed by atoms with Gasteiger partial charge >= 0.3 is 17.1 Å². The van der Waals surface area contributed by atoms with Crippen molar-refractivity contribution in [3.8, 4) is 45.6 Å². The summed E-state index contributed by atoms with van der Waals surface area (Å²) in [5.74, 6) is 1.17. The summed E-state index contributed by atoms with van der Waals surface area (Å²) >= 11 is 0. The molecule has 20 heteroatoms. The van der Waals surface area contributed by atoms with Gasteiger partial charge < -0.3 is 50.5 Å². The van der Waals surface area contributed by atoms with Gasteiger partial charge in [0.1, 0.15) is 22.6 Å². The van der Waals surface area contributed by atoms with Gasteiger partial charge in [0.05, 0.1) is 44.5 Å². The number of imidazole rings is 3. The summed E-state index contributed by atoms with van der Waals surface area (Å²) in [6, 6.07) is 14.4. The van der Waals surface area contributed by atoms with Crippen LogP contribution in [0.15, 0.2) is 62.9 Å². The Morgan fingerprint density at radius 2 is 0.737 bits per heavy atom. The van der Waals surface area contributed by atoms with Crippen LogP contribution in [-0.2, 0) is 4.79 Å². The van der Waals surface area contributed by atoms with E-state index in [1.54, 1.807) is 49.5 Å². The third-order valence-corrected chi connectivity index (χ3v) is 10.4. The minimum atomic E-state index is -0.375. The Kier molecular flexibility index (Phi) is 5.78. The second kappa shape index (κ2) is 10.7. The monoisotopic (exact) mass is 754 g/mol. The molecule has 1 amide bonds. The Balaban J connectivity index is 1.29. The van der Waals surface area contributed by atoms with Gasteiger partial charge in [-0.25, -0.2) is 44.3 Å². The molecule has 0 radical (unpaired) electrons. The number of rotatable bonds is 3. The van der Waals surface area contributed by atoms with Crippen molar-refractivity contribution < 1.29 is 4.79 Å². The van der Waals surface area contributed by atoms with Crippen molar-refractivity contribution in [1.82, 2.24) is 69.8 Å². The summed E-state index contributed by atoms with van der Waals surface area (Å²) in [6.45, 7) is 0. The Bertz CT molecular complexity index is 3830. The van der Waals surface area contributed by atoms with E-state index in [1.165, 1.54) is 0 Å². The molecule has 20 nitrogen and oxygen atoms in total. The van der Waals surface area contributed by atoms with Crippen LogP contribution in [0.3, 0.4) is 0 Å². The van der Waals surface area contributed by atoms with Crippen molar-refractivity contribution in [2.75, 3.05) is 17.7 Å². The molecule has 0 spiro atoms. The number of benzene rings is 4. The molecule has 2 aliphatic rings. The highest BCUT2D eigenvalue weighted by atomic mass is 16.1. The predicted octanol–water partition coefficient (Wildman–Crippen LogP) is 3.99. The zero-order chi connectivity index (χ0) is 38.3. The number of H-pyrrole nitrogens is 8. The van der Waals surface area contributed by atoms with Crippen LogP contribution in [0.5, 0.6) is 0 Å². The van der Waals surface area contributed by atoms with Gasteiger partial charge in [0.25, 0.3) is 0 Å². The molecule has 10 N–H and O–H groups in total. The molecular weight excluding hydrogens is 733 g/mol. The van der Waals surface area contributed by atoms with Gasteiger partial charge in [-0.05, 0) is 48.5 Å². The summed E-state index contributed by atoms with van der Waals surface area (Å²) in [7, 11) is 1.74. The van der Waals surface area contributed by atoms with Crippen LogP contribution in [-0.4, -0.2) is 83.2 Å². The smallest absolute Gasteiger partial charge is 0.323 e. The fraction of sp³-hybridized carbons (Fsp3) is 0.0270. The maximum Gasteiger partial charge on any atom is 0.323 e. The minimum absolute atomic E-state index is 0.285. The van der Waals surface area contributed by atoms with E-state index in [2.05, 4.69) is 50.5 Å². The van der Waals surface area contributed by atoms with Crippen LogP contribution in [0.4, 0.5) is 11.4 Å². The number of anilines is 2. The van der Waals surface area contributed by atoms with Crippen molar-refractivity contribution in [3.63, 3.8) is 0 Å². The molecule has 6 aromatic heterocycles. The second-order valence-corrected chi connectivity index (χ2v) is 13.6. The van der Waals surface area contributed by atoms with Gasteiger partial charge in [-0.3, -0.25) is 4.79 Å². The van der Waals surface area contributed by atoms with Crippen LogP contribution in [0.1, 0.15) is 0 Å². The number of hydrogen-bond donors (Lipinski definition) is 10. The number of fused-ring (bicyclic) bond motifs is 23. The molecule has 8 bridgehead atoms. The molecule has 10 aromatic rings. The predicted molar refractivity (Wildman–Crippen MR) is 213 cm³/mol. The van der Waals surface area contributed by atoms with Crippen LogP contribution in [0.2, 0.25) is 0 Å². The molecule has 2 aliphatic heterocycles. The van der Waals surface area contributed by atoms with Gasteiger partial charge in [-0.1, -0.05) is 0 Å². The topological polar surface area (TPSA) is 296 Å². The van der Waals surface area contributed by atoms with E-state index in [0.717, 1.165) is 0 Å². The Labute approximate surface area is 312 Å². The molecule has 0 atom stereocenters. The molecular formula is C37H22N16O4. The van der Waals surface area contributed by atoms with Crippen LogP contribution < -0.4 is 27.7 Å². The van der Waals surface area contributed by atoms with E-state index in [1.807, 2.05) is 6.07 Å². The highest BCUT2D eigenvalue weighted by Crippen LogP contribution is 2.40. The van der Waals surface area contributed by atoms with Crippen molar-refractivity contribution in [2.24, 2.45) is 0 Å². The maximum absolute atomic E-state index is 12.4. The average molecular weight is 755 g/mol. The lowest BCUT2D eigenvalue weighted by Crippen LogP contribution is -1.99. The summed E-state index contributed by atoms with van der Waals surface area (Å²) < 4.78 is 0. The second-order valence-electron chi connectivity index (χ2n) is 13.6. The lowest BCUT2D eigenvalue weighted by atomic mass is 10.1. The largest absolute Gasteiger partial charge is 0.386 e. The molecule has 12 rings (SSSR count). The molecule has 0 aliphatic carbocycles. The number of nitrogens with zero attached hydrogens (tertiary/aromatic N) is 6. The first kappa shape index (κ1) is 30.7. The van der Waals surface area contributed by atoms with Gasteiger partial charge in [-0.15, -0.1) is 0 Å². The van der Waals surface area contributed by atoms with Gasteiger partial charge in [0, 0.05) is 50.8 Å². The van der Waals surface area contributed by atoms with Gasteiger partial charge in [0.15, 0.2) is 23.3 Å². The molecule has 0 saturated heterocycles. The summed E-state index contributed by atoms with van der Waals surface area (Å²) in [4.78, 5) is 103. The van der Waals surface area contributed by atoms with Crippen molar-refractivity contribution in [3.05, 3.63) is 80.0 Å². The quantitative estimate of drug-likeness (QED) is 0.115. The van der Waals surface area contributed by atoms with Crippen LogP contribution in [0, 0.1) is 0 Å². The molecule has 4 aromatic carbocycles. The van der Waals surface area contributed by atoms with Crippen molar-refractivity contribution >= 4 is 95.0 Å². The minimum Gasteiger partial charge on any atom is -0.386 e. The lowest BCUT2D eigenvalue weighted by Gasteiger charge is -2.08. The fourth-order valence-electron chi connectivity index (χ4n) is 7.81. The summed E-state index contributed by atoms with van der Waals surface area (Å²) in [5.41, 5.74) is 7.22. The number of amides is 1. The fourth-order valence-corrected chi connectivity index (χ4v) is 7.81. The standard InChI is InChI=1S/C37H22N16O4/c1-38-19-2-11-12(3-20(19)39-10-54)28-46-27(11)47-29-13-4-21-23(42-35(55)40-21)6-15(13)31(49-29)51-33-17-8-25-26(45-37(57)44-25)9-18(17)34(53-33)52-32-16-7-24-22(41-36(56)43-24)5-14(16)30(48-28)50-32/h2-10,38H,1H3,(H,39,54)(H2,40,42,55)(H2,41,43,56)(H2,44,45,57)(H2,46,47,48,49,50,51,52,53). The Morgan fingerprint density at radius 3 is 1.07 bits per heavy atom. The zero-order valence-corrected chi connectivity index (χ0v) is 29.0. The highest BCUT2D eigenvalue weighted by molar-refractivity contribution is 6.11. The normalized spacial score (nSPS) is 12.2. The average Bonchev–Trinajstić information content (AvgIpc) is 4.05. The number of hydrogen-bond acceptors (Lipinski definition) is 11. The Morgan fingerprint density at radius 1 is 0.421 bits per heavy atom. The molecule has 0 fully saturated rings. The SMILES string of the molecule is CNc1cc2c3nc4nc(nc5[nH]c(nc6nc(nc([nH]3)c2cc1NC=O)-c1cc2[nH]c(=O)[nH]c2cc1-6)c1cc2[nH]c(=O)[nH]c2cc51)-c1cc2[nH]c(=O)[nH]c2cc1-4. The molecule has 57 heavy (non-hydrogen) atoms. The summed E-state index contributed by atoms with van der Waals surface area (Å²) in [5, 5.41) is 8.38. The van der Waals surface area contributed by atoms with E-state index in [-0.39, 0.29) is 28.7 Å². The number of nitrogens with one attached hydrogen (secondary N) is 10. The molecule has 8 heterocycles. The van der Waals surface area contributed by atoms with Crippen LogP contribution in [0.25, 0.3) is 123 Å². The number of aromatic nitrogens is 14. The lowest BCUT2D eigenvalue weighted by molar-refractivity contribution is -0.105. The first-order chi connectivity index (χ1) is 27.8. The number of aromatic amines is 8. The first-order valence-corrected chi connectivity index (χ1v) is 17.4. The maximum atomic E-state index is 12.4. The third-order valence-electron chi connectivity index (χ3n) is 10.4. The molecule has 0 unspecified atom stereocenters. The van der Waals surface area contributed by atoms with Crippen molar-refractivity contribution in [2.45, 2.75) is 0 Å². The van der Waals surface area contributed by atoms with E-state index in [4.69, 9.17) is 29.9 Å². The third kappa shape index (κ3) is 4.42. The van der Waals surface area contributed by atoms with E-state index in [9.17, 15) is 19.2 Å². The number of carbonyl (C=O) groups excluding carboxylic acids is 1. The highest BCUT2D eigenvalue weighted by Gasteiger charge is 2.25. The van der Waals surface area contributed by atoms with Crippen LogP contribution >= 0.6 is 0 Å². The zero-order valence-electron chi connectivity index (χ0n) is 29.0. The first-order valence-electron chi connectivity index (χ1n) is 17.4. The molecule has 0 saturated carbocycles.